The average molecular weight is 427 g/mol. The molecule has 2 aromatic rings. The Labute approximate surface area is 178 Å². The number of thioether (sulfide) groups is 1. The first-order chi connectivity index (χ1) is 14.0. The summed E-state index contributed by atoms with van der Waals surface area (Å²) in [7, 11) is 0. The van der Waals surface area contributed by atoms with E-state index < -0.39 is 0 Å². The van der Waals surface area contributed by atoms with Crippen molar-refractivity contribution in [1.82, 2.24) is 0 Å². The number of benzene rings is 2. The van der Waals surface area contributed by atoms with Crippen LogP contribution in [0.15, 0.2) is 65.6 Å². The number of imide groups is 1. The number of nitrogens with zero attached hydrogens (tertiary/aromatic N) is 1. The van der Waals surface area contributed by atoms with Gasteiger partial charge in [0, 0.05) is 15.6 Å². The molecule has 0 saturated carbocycles. The van der Waals surface area contributed by atoms with Crippen molar-refractivity contribution in [3.63, 3.8) is 0 Å². The van der Waals surface area contributed by atoms with E-state index in [9.17, 15) is 14.4 Å². The Morgan fingerprint density at radius 1 is 1.03 bits per heavy atom. The standard InChI is InChI=1S/C22H19ClN2O3S/c23-14-4-3-5-15(12-14)24-20(26)13-29-17-10-8-16(9-11-17)25-21(27)18-6-1-2-7-19(18)22(25)28/h1-5,8-12,18-19H,6-7,13H2,(H,24,26)/t18-,19-/m0/s1. The van der Waals surface area contributed by atoms with Crippen molar-refractivity contribution >= 4 is 52.5 Å². The van der Waals surface area contributed by atoms with Gasteiger partial charge in [-0.1, -0.05) is 29.8 Å². The fourth-order valence-corrected chi connectivity index (χ4v) is 4.55. The Kier molecular flexibility index (Phi) is 5.74. The van der Waals surface area contributed by atoms with Crippen molar-refractivity contribution in [1.29, 1.82) is 0 Å². The molecule has 1 aliphatic heterocycles. The van der Waals surface area contributed by atoms with Crippen LogP contribution in [-0.2, 0) is 14.4 Å². The molecule has 4 rings (SSSR count). The van der Waals surface area contributed by atoms with E-state index in [0.29, 0.717) is 29.2 Å². The Hall–Kier alpha value is -2.57. The largest absolute Gasteiger partial charge is 0.325 e. The van der Waals surface area contributed by atoms with Crippen LogP contribution in [0.5, 0.6) is 0 Å². The SMILES string of the molecule is O=C(CSc1ccc(N2C(=O)[C@H]3CC=CC[C@@H]3C2=O)cc1)Nc1cccc(Cl)c1. The zero-order valence-electron chi connectivity index (χ0n) is 15.5. The van der Waals surface area contributed by atoms with E-state index in [2.05, 4.69) is 5.32 Å². The highest BCUT2D eigenvalue weighted by Gasteiger charge is 2.47. The van der Waals surface area contributed by atoms with E-state index in [0.717, 1.165) is 4.90 Å². The third-order valence-electron chi connectivity index (χ3n) is 5.08. The maximum atomic E-state index is 12.7. The molecule has 148 valence electrons. The molecule has 0 aromatic heterocycles. The fourth-order valence-electron chi connectivity index (χ4n) is 3.66. The van der Waals surface area contributed by atoms with Crippen LogP contribution < -0.4 is 10.2 Å². The summed E-state index contributed by atoms with van der Waals surface area (Å²) in [6, 6.07) is 14.2. The maximum absolute atomic E-state index is 12.7. The first-order valence-electron chi connectivity index (χ1n) is 9.34. The minimum atomic E-state index is -0.239. The van der Waals surface area contributed by atoms with Gasteiger partial charge in [-0.25, -0.2) is 0 Å². The topological polar surface area (TPSA) is 66.5 Å². The van der Waals surface area contributed by atoms with Crippen LogP contribution in [0.25, 0.3) is 0 Å². The molecule has 1 heterocycles. The number of amides is 3. The first-order valence-corrected chi connectivity index (χ1v) is 10.7. The van der Waals surface area contributed by atoms with Gasteiger partial charge in [0.2, 0.25) is 17.7 Å². The molecule has 2 aliphatic rings. The lowest BCUT2D eigenvalue weighted by Crippen LogP contribution is -2.30. The van der Waals surface area contributed by atoms with E-state index in [1.54, 1.807) is 36.4 Å². The predicted octanol–water partition coefficient (Wildman–Crippen LogP) is 4.53. The Morgan fingerprint density at radius 3 is 2.31 bits per heavy atom. The minimum absolute atomic E-state index is 0.120. The number of halogens is 1. The summed E-state index contributed by atoms with van der Waals surface area (Å²) in [5.41, 5.74) is 1.24. The first kappa shape index (κ1) is 19.7. The summed E-state index contributed by atoms with van der Waals surface area (Å²) in [5, 5.41) is 3.36. The van der Waals surface area contributed by atoms with Crippen molar-refractivity contribution in [2.45, 2.75) is 17.7 Å². The number of allylic oxidation sites excluding steroid dienone is 2. The Morgan fingerprint density at radius 2 is 1.69 bits per heavy atom. The lowest BCUT2D eigenvalue weighted by molar-refractivity contribution is -0.122. The van der Waals surface area contributed by atoms with Crippen molar-refractivity contribution in [3.8, 4) is 0 Å². The van der Waals surface area contributed by atoms with Crippen LogP contribution in [0.1, 0.15) is 12.8 Å². The summed E-state index contributed by atoms with van der Waals surface area (Å²) < 4.78 is 0. The van der Waals surface area contributed by atoms with Crippen molar-refractivity contribution in [2.24, 2.45) is 11.8 Å². The van der Waals surface area contributed by atoms with E-state index in [4.69, 9.17) is 11.6 Å². The lowest BCUT2D eigenvalue weighted by atomic mass is 9.85. The highest BCUT2D eigenvalue weighted by Crippen LogP contribution is 2.38. The molecule has 0 bridgehead atoms. The van der Waals surface area contributed by atoms with Gasteiger partial charge >= 0.3 is 0 Å². The fraction of sp³-hybridized carbons (Fsp3) is 0.227. The molecule has 2 atom stereocenters. The zero-order chi connectivity index (χ0) is 20.4. The Bertz CT molecular complexity index is 964. The van der Waals surface area contributed by atoms with Crippen LogP contribution in [0.4, 0.5) is 11.4 Å². The second-order valence-electron chi connectivity index (χ2n) is 7.01. The zero-order valence-corrected chi connectivity index (χ0v) is 17.1. The lowest BCUT2D eigenvalue weighted by Gasteiger charge is -2.15. The second-order valence-corrected chi connectivity index (χ2v) is 8.49. The van der Waals surface area contributed by atoms with E-state index >= 15 is 0 Å². The highest BCUT2D eigenvalue weighted by atomic mass is 35.5. The van der Waals surface area contributed by atoms with Crippen LogP contribution in [0.2, 0.25) is 5.02 Å². The molecule has 2 aromatic carbocycles. The van der Waals surface area contributed by atoms with Gasteiger partial charge in [0.15, 0.2) is 0 Å². The van der Waals surface area contributed by atoms with Crippen molar-refractivity contribution < 1.29 is 14.4 Å². The number of rotatable bonds is 5. The summed E-state index contributed by atoms with van der Waals surface area (Å²) in [6.45, 7) is 0. The van der Waals surface area contributed by atoms with Gasteiger partial charge < -0.3 is 5.32 Å². The molecule has 3 amide bonds. The molecule has 0 radical (unpaired) electrons. The van der Waals surface area contributed by atoms with Gasteiger partial charge in [-0.15, -0.1) is 11.8 Å². The maximum Gasteiger partial charge on any atom is 0.238 e. The number of carbonyl (C=O) groups is 3. The molecule has 29 heavy (non-hydrogen) atoms. The molecule has 1 N–H and O–H groups in total. The number of nitrogens with one attached hydrogen (secondary N) is 1. The molecule has 0 unspecified atom stereocenters. The van der Waals surface area contributed by atoms with Crippen LogP contribution in [0, 0.1) is 11.8 Å². The smallest absolute Gasteiger partial charge is 0.238 e. The van der Waals surface area contributed by atoms with E-state index in [-0.39, 0.29) is 35.3 Å². The van der Waals surface area contributed by atoms with Gasteiger partial charge in [-0.05, 0) is 55.3 Å². The quantitative estimate of drug-likeness (QED) is 0.433. The number of hydrogen-bond donors (Lipinski definition) is 1. The van der Waals surface area contributed by atoms with E-state index in [1.165, 1.54) is 16.7 Å². The molecular formula is C22H19ClN2O3S. The summed E-state index contributed by atoms with van der Waals surface area (Å²) in [4.78, 5) is 39.6. The van der Waals surface area contributed by atoms with Crippen LogP contribution in [0.3, 0.4) is 0 Å². The molecule has 5 nitrogen and oxygen atoms in total. The highest BCUT2D eigenvalue weighted by molar-refractivity contribution is 8.00. The molecule has 0 spiro atoms. The predicted molar refractivity (Wildman–Crippen MR) is 115 cm³/mol. The molecule has 7 heteroatoms. The van der Waals surface area contributed by atoms with Crippen molar-refractivity contribution in [3.05, 3.63) is 65.7 Å². The number of anilines is 2. The third kappa shape index (κ3) is 4.23. The number of fused-ring (bicyclic) bond motifs is 1. The van der Waals surface area contributed by atoms with Gasteiger partial charge in [0.25, 0.3) is 0 Å². The van der Waals surface area contributed by atoms with Gasteiger partial charge in [0.1, 0.15) is 0 Å². The molecule has 1 aliphatic carbocycles. The van der Waals surface area contributed by atoms with Crippen molar-refractivity contribution in [2.75, 3.05) is 16.0 Å². The minimum Gasteiger partial charge on any atom is -0.325 e. The monoisotopic (exact) mass is 426 g/mol. The molecular weight excluding hydrogens is 408 g/mol. The van der Waals surface area contributed by atoms with Gasteiger partial charge in [0.05, 0.1) is 23.3 Å². The normalized spacial score (nSPS) is 20.7. The Balaban J connectivity index is 1.36. The van der Waals surface area contributed by atoms with Gasteiger partial charge in [-0.3, -0.25) is 19.3 Å². The second kappa shape index (κ2) is 8.43. The third-order valence-corrected chi connectivity index (χ3v) is 6.33. The number of hydrogen-bond acceptors (Lipinski definition) is 4. The molecule has 1 fully saturated rings. The van der Waals surface area contributed by atoms with Crippen LogP contribution >= 0.6 is 23.4 Å². The van der Waals surface area contributed by atoms with E-state index in [1.807, 2.05) is 24.3 Å². The van der Waals surface area contributed by atoms with Crippen LogP contribution in [-0.4, -0.2) is 23.5 Å². The summed E-state index contributed by atoms with van der Waals surface area (Å²) >= 11 is 7.30. The molecule has 1 saturated heterocycles. The van der Waals surface area contributed by atoms with Gasteiger partial charge in [-0.2, -0.15) is 0 Å². The summed E-state index contributed by atoms with van der Waals surface area (Å²) in [6.07, 6.45) is 5.21. The average Bonchev–Trinajstić information content (AvgIpc) is 2.98. The number of carbonyl (C=O) groups excluding carboxylic acids is 3. The summed E-state index contributed by atoms with van der Waals surface area (Å²) in [5.74, 6) is -0.615.